The van der Waals surface area contributed by atoms with Crippen molar-refractivity contribution < 1.29 is 13.5 Å². The predicted molar refractivity (Wildman–Crippen MR) is 74.4 cm³/mol. The molecule has 0 amide bonds. The van der Waals surface area contributed by atoms with Crippen LogP contribution in [-0.4, -0.2) is 29.3 Å². The molecule has 0 spiro atoms. The first-order valence-electron chi connectivity index (χ1n) is 6.21. The van der Waals surface area contributed by atoms with Gasteiger partial charge in [-0.3, -0.25) is 4.68 Å². The van der Waals surface area contributed by atoms with E-state index in [2.05, 4.69) is 9.82 Å². The Hall–Kier alpha value is -1.70. The van der Waals surface area contributed by atoms with Crippen LogP contribution in [0.4, 0.5) is 0 Å². The van der Waals surface area contributed by atoms with E-state index in [0.29, 0.717) is 12.1 Å². The maximum absolute atomic E-state index is 12.2. The zero-order valence-electron chi connectivity index (χ0n) is 11.1. The molecule has 1 unspecified atom stereocenters. The van der Waals surface area contributed by atoms with Gasteiger partial charge in [-0.25, -0.2) is 13.1 Å². The maximum Gasteiger partial charge on any atom is 0.240 e. The summed E-state index contributed by atoms with van der Waals surface area (Å²) in [5.41, 5.74) is 0.563. The minimum atomic E-state index is -3.60. The van der Waals surface area contributed by atoms with Gasteiger partial charge in [0.05, 0.1) is 18.0 Å². The van der Waals surface area contributed by atoms with Crippen LogP contribution < -0.4 is 4.72 Å². The highest BCUT2D eigenvalue weighted by molar-refractivity contribution is 7.89. The Kier molecular flexibility index (Phi) is 4.53. The van der Waals surface area contributed by atoms with Gasteiger partial charge >= 0.3 is 0 Å². The minimum absolute atomic E-state index is 0.149. The van der Waals surface area contributed by atoms with Crippen molar-refractivity contribution in [3.63, 3.8) is 0 Å². The van der Waals surface area contributed by atoms with Crippen LogP contribution in [0.15, 0.2) is 47.6 Å². The molecule has 0 saturated carbocycles. The third-order valence-corrected chi connectivity index (χ3v) is 4.35. The molecule has 2 N–H and O–H groups in total. The molecule has 1 heterocycles. The number of aliphatic hydroxyl groups excluding tert-OH is 1. The fourth-order valence-corrected chi connectivity index (χ4v) is 3.17. The summed E-state index contributed by atoms with van der Waals surface area (Å²) in [5.74, 6) is 0. The molecule has 0 aliphatic rings. The molecule has 7 heteroatoms. The number of nitrogens with one attached hydrogen (secondary N) is 1. The van der Waals surface area contributed by atoms with E-state index in [4.69, 9.17) is 5.11 Å². The van der Waals surface area contributed by atoms with Crippen LogP contribution in [0.2, 0.25) is 0 Å². The molecule has 0 aliphatic carbocycles. The molecular weight excluding hydrogens is 278 g/mol. The topological polar surface area (TPSA) is 84.2 Å². The molecule has 0 fully saturated rings. The number of rotatable bonds is 6. The van der Waals surface area contributed by atoms with Gasteiger partial charge in [-0.1, -0.05) is 12.1 Å². The summed E-state index contributed by atoms with van der Waals surface area (Å²) in [6, 6.07) is 7.74. The van der Waals surface area contributed by atoms with Crippen molar-refractivity contribution in [1.29, 1.82) is 0 Å². The quantitative estimate of drug-likeness (QED) is 0.823. The minimum Gasteiger partial charge on any atom is -0.392 e. The van der Waals surface area contributed by atoms with Gasteiger partial charge in [0, 0.05) is 18.4 Å². The van der Waals surface area contributed by atoms with E-state index in [9.17, 15) is 8.42 Å². The van der Waals surface area contributed by atoms with Crippen LogP contribution in [0.25, 0.3) is 0 Å². The Balaban J connectivity index is 2.10. The second kappa shape index (κ2) is 6.17. The maximum atomic E-state index is 12.2. The zero-order chi connectivity index (χ0) is 14.6. The fourth-order valence-electron chi connectivity index (χ4n) is 1.87. The number of hydrogen-bond acceptors (Lipinski definition) is 4. The molecule has 20 heavy (non-hydrogen) atoms. The Labute approximate surface area is 118 Å². The fraction of sp³-hybridized carbons (Fsp3) is 0.308. The summed E-state index contributed by atoms with van der Waals surface area (Å²) >= 11 is 0. The third-order valence-electron chi connectivity index (χ3n) is 2.77. The summed E-state index contributed by atoms with van der Waals surface area (Å²) in [7, 11) is -3.60. The molecule has 1 aromatic carbocycles. The average molecular weight is 295 g/mol. The van der Waals surface area contributed by atoms with E-state index in [1.54, 1.807) is 42.2 Å². The van der Waals surface area contributed by atoms with E-state index in [0.717, 1.165) is 0 Å². The van der Waals surface area contributed by atoms with Gasteiger partial charge in [0.25, 0.3) is 0 Å². The molecular formula is C13H17N3O3S. The monoisotopic (exact) mass is 295 g/mol. The molecule has 6 nitrogen and oxygen atoms in total. The molecule has 1 aromatic heterocycles. The van der Waals surface area contributed by atoms with E-state index in [1.807, 2.05) is 0 Å². The standard InChI is InChI=1S/C13H17N3O3S/c1-11(9-16-7-3-6-14-16)15-20(18,19)13-5-2-4-12(8-13)10-17/h2-8,11,15,17H,9-10H2,1H3. The van der Waals surface area contributed by atoms with Gasteiger partial charge in [0.2, 0.25) is 10.0 Å². The highest BCUT2D eigenvalue weighted by Crippen LogP contribution is 2.12. The normalized spacial score (nSPS) is 13.3. The van der Waals surface area contributed by atoms with E-state index < -0.39 is 10.0 Å². The van der Waals surface area contributed by atoms with Crippen molar-refractivity contribution in [1.82, 2.24) is 14.5 Å². The number of aromatic nitrogens is 2. The second-order valence-electron chi connectivity index (χ2n) is 4.56. The average Bonchev–Trinajstić information content (AvgIpc) is 2.91. The van der Waals surface area contributed by atoms with E-state index in [1.165, 1.54) is 12.1 Å². The lowest BCUT2D eigenvalue weighted by atomic mass is 10.2. The van der Waals surface area contributed by atoms with Crippen molar-refractivity contribution >= 4 is 10.0 Å². The highest BCUT2D eigenvalue weighted by Gasteiger charge is 2.17. The third kappa shape index (κ3) is 3.66. The van der Waals surface area contributed by atoms with E-state index >= 15 is 0 Å². The Morgan fingerprint density at radius 2 is 2.20 bits per heavy atom. The van der Waals surface area contributed by atoms with Gasteiger partial charge in [-0.2, -0.15) is 5.10 Å². The lowest BCUT2D eigenvalue weighted by Gasteiger charge is -2.14. The van der Waals surface area contributed by atoms with Crippen LogP contribution >= 0.6 is 0 Å². The van der Waals surface area contributed by atoms with Crippen molar-refractivity contribution in [3.05, 3.63) is 48.3 Å². The number of aliphatic hydroxyl groups is 1. The number of sulfonamides is 1. The zero-order valence-corrected chi connectivity index (χ0v) is 11.9. The summed E-state index contributed by atoms with van der Waals surface area (Å²) in [4.78, 5) is 0.149. The smallest absolute Gasteiger partial charge is 0.240 e. The number of nitrogens with zero attached hydrogens (tertiary/aromatic N) is 2. The van der Waals surface area contributed by atoms with Gasteiger partial charge in [-0.05, 0) is 30.7 Å². The molecule has 2 rings (SSSR count). The lowest BCUT2D eigenvalue weighted by molar-refractivity contribution is 0.281. The van der Waals surface area contributed by atoms with E-state index in [-0.39, 0.29) is 17.5 Å². The van der Waals surface area contributed by atoms with Crippen molar-refractivity contribution in [2.75, 3.05) is 0 Å². The van der Waals surface area contributed by atoms with Crippen LogP contribution in [-0.2, 0) is 23.2 Å². The molecule has 0 saturated heterocycles. The second-order valence-corrected chi connectivity index (χ2v) is 6.27. The Morgan fingerprint density at radius 1 is 1.40 bits per heavy atom. The van der Waals surface area contributed by atoms with Crippen LogP contribution in [0.1, 0.15) is 12.5 Å². The van der Waals surface area contributed by atoms with Crippen molar-refractivity contribution in [2.24, 2.45) is 0 Å². The SMILES string of the molecule is CC(Cn1cccn1)NS(=O)(=O)c1cccc(CO)c1. The first-order valence-corrected chi connectivity index (χ1v) is 7.69. The van der Waals surface area contributed by atoms with Gasteiger partial charge in [0.15, 0.2) is 0 Å². The Morgan fingerprint density at radius 3 is 2.85 bits per heavy atom. The molecule has 108 valence electrons. The molecule has 0 radical (unpaired) electrons. The Bertz CT molecular complexity index is 653. The van der Waals surface area contributed by atoms with Crippen molar-refractivity contribution in [2.45, 2.75) is 31.0 Å². The highest BCUT2D eigenvalue weighted by atomic mass is 32.2. The molecule has 1 atom stereocenters. The van der Waals surface area contributed by atoms with Gasteiger partial charge in [0.1, 0.15) is 0 Å². The summed E-state index contributed by atoms with van der Waals surface area (Å²) in [6.07, 6.45) is 3.42. The number of hydrogen-bond donors (Lipinski definition) is 2. The molecule has 2 aromatic rings. The molecule has 0 aliphatic heterocycles. The van der Waals surface area contributed by atoms with Crippen molar-refractivity contribution in [3.8, 4) is 0 Å². The number of benzene rings is 1. The van der Waals surface area contributed by atoms with Crippen LogP contribution in [0, 0.1) is 0 Å². The lowest BCUT2D eigenvalue weighted by Crippen LogP contribution is -2.35. The molecule has 0 bridgehead atoms. The largest absolute Gasteiger partial charge is 0.392 e. The summed E-state index contributed by atoms with van der Waals surface area (Å²) in [6.45, 7) is 2.03. The van der Waals surface area contributed by atoms with Gasteiger partial charge in [-0.15, -0.1) is 0 Å². The van der Waals surface area contributed by atoms with Crippen LogP contribution in [0.5, 0.6) is 0 Å². The van der Waals surface area contributed by atoms with Crippen LogP contribution in [0.3, 0.4) is 0 Å². The summed E-state index contributed by atoms with van der Waals surface area (Å²) in [5, 5.41) is 13.1. The first kappa shape index (κ1) is 14.7. The summed E-state index contributed by atoms with van der Waals surface area (Å²) < 4.78 is 28.7. The predicted octanol–water partition coefficient (Wildman–Crippen LogP) is 0.742. The first-order chi connectivity index (χ1) is 9.51. The van der Waals surface area contributed by atoms with Gasteiger partial charge < -0.3 is 5.11 Å².